The van der Waals surface area contributed by atoms with Gasteiger partial charge in [0.15, 0.2) is 0 Å². The Labute approximate surface area is 102 Å². The molecule has 2 heterocycles. The third-order valence-corrected chi connectivity index (χ3v) is 3.74. The minimum atomic E-state index is 0.702. The predicted octanol–water partition coefficient (Wildman–Crippen LogP) is 2.76. The highest BCUT2D eigenvalue weighted by Gasteiger charge is 2.28. The van der Waals surface area contributed by atoms with Crippen molar-refractivity contribution in [2.75, 3.05) is 19.6 Å². The molecule has 0 atom stereocenters. The van der Waals surface area contributed by atoms with Gasteiger partial charge in [-0.2, -0.15) is 5.10 Å². The van der Waals surface area contributed by atoms with E-state index in [2.05, 4.69) is 40.2 Å². The van der Waals surface area contributed by atoms with Crippen LogP contribution in [0.4, 0.5) is 0 Å². The van der Waals surface area contributed by atoms with Crippen molar-refractivity contribution in [2.45, 2.75) is 25.7 Å². The van der Waals surface area contributed by atoms with E-state index in [0.29, 0.717) is 5.92 Å². The molecule has 0 spiro atoms. The molecule has 3 nitrogen and oxygen atoms in total. The van der Waals surface area contributed by atoms with Gasteiger partial charge in [0.2, 0.25) is 0 Å². The Kier molecular flexibility index (Phi) is 2.85. The third-order valence-electron chi connectivity index (χ3n) is 3.74. The van der Waals surface area contributed by atoms with E-state index >= 15 is 0 Å². The molecule has 3 rings (SSSR count). The quantitative estimate of drug-likeness (QED) is 0.874. The Hall–Kier alpha value is -1.35. The van der Waals surface area contributed by atoms with Crippen LogP contribution in [-0.2, 0) is 0 Å². The Morgan fingerprint density at radius 1 is 1.41 bits per heavy atom. The maximum Gasteiger partial charge on any atom is 0.0653 e. The van der Waals surface area contributed by atoms with Gasteiger partial charge >= 0.3 is 0 Å². The van der Waals surface area contributed by atoms with E-state index in [1.165, 1.54) is 43.4 Å². The number of aromatic amines is 1. The summed E-state index contributed by atoms with van der Waals surface area (Å²) in [5, 5.41) is 8.48. The average molecular weight is 229 g/mol. The molecule has 1 aromatic carbocycles. The summed E-state index contributed by atoms with van der Waals surface area (Å²) in [7, 11) is 0. The van der Waals surface area contributed by atoms with Crippen LogP contribution in [0, 0.1) is 0 Å². The van der Waals surface area contributed by atoms with Crippen molar-refractivity contribution in [3.63, 3.8) is 0 Å². The minimum absolute atomic E-state index is 0.702. The summed E-state index contributed by atoms with van der Waals surface area (Å²) in [4.78, 5) is 2.55. The van der Waals surface area contributed by atoms with Crippen LogP contribution in [-0.4, -0.2) is 34.7 Å². The second-order valence-corrected chi connectivity index (χ2v) is 4.99. The molecule has 2 aromatic rings. The summed E-state index contributed by atoms with van der Waals surface area (Å²) in [6.45, 7) is 5.94. The lowest BCUT2D eigenvalue weighted by Gasteiger charge is -2.39. The Morgan fingerprint density at radius 2 is 2.29 bits per heavy atom. The number of fused-ring (bicyclic) bond motifs is 1. The van der Waals surface area contributed by atoms with E-state index in [4.69, 9.17) is 0 Å². The van der Waals surface area contributed by atoms with Crippen molar-refractivity contribution in [3.8, 4) is 0 Å². The van der Waals surface area contributed by atoms with Gasteiger partial charge in [0, 0.05) is 24.4 Å². The van der Waals surface area contributed by atoms with E-state index in [0.717, 1.165) is 5.52 Å². The van der Waals surface area contributed by atoms with E-state index < -0.39 is 0 Å². The number of likely N-dealkylation sites (tertiary alicyclic amines) is 1. The van der Waals surface area contributed by atoms with Gasteiger partial charge in [-0.25, -0.2) is 0 Å². The van der Waals surface area contributed by atoms with E-state index in [-0.39, 0.29) is 0 Å². The van der Waals surface area contributed by atoms with Crippen LogP contribution in [0.15, 0.2) is 24.4 Å². The smallest absolute Gasteiger partial charge is 0.0653 e. The number of aromatic nitrogens is 2. The summed E-state index contributed by atoms with van der Waals surface area (Å²) >= 11 is 0. The van der Waals surface area contributed by atoms with Crippen molar-refractivity contribution in [1.82, 2.24) is 15.1 Å². The number of H-pyrrole nitrogens is 1. The van der Waals surface area contributed by atoms with Gasteiger partial charge in [0.05, 0.1) is 11.7 Å². The van der Waals surface area contributed by atoms with Crippen molar-refractivity contribution in [1.29, 1.82) is 0 Å². The molecule has 1 aromatic heterocycles. The first kappa shape index (κ1) is 10.8. The first-order valence-electron chi connectivity index (χ1n) is 6.53. The predicted molar refractivity (Wildman–Crippen MR) is 70.2 cm³/mol. The van der Waals surface area contributed by atoms with E-state index in [9.17, 15) is 0 Å². The highest BCUT2D eigenvalue weighted by atomic mass is 15.2. The van der Waals surface area contributed by atoms with Crippen LogP contribution in [0.2, 0.25) is 0 Å². The number of hydrogen-bond donors (Lipinski definition) is 1. The third kappa shape index (κ3) is 1.95. The summed E-state index contributed by atoms with van der Waals surface area (Å²) in [6, 6.07) is 6.48. The zero-order chi connectivity index (χ0) is 11.7. The van der Waals surface area contributed by atoms with Gasteiger partial charge in [0.1, 0.15) is 0 Å². The SMILES string of the molecule is CCCCN1CC(c2cccc3[nH]ncc23)C1. The number of nitrogens with zero attached hydrogens (tertiary/aromatic N) is 2. The van der Waals surface area contributed by atoms with Crippen molar-refractivity contribution >= 4 is 10.9 Å². The van der Waals surface area contributed by atoms with Gasteiger partial charge in [-0.15, -0.1) is 0 Å². The molecule has 0 radical (unpaired) electrons. The molecule has 1 aliphatic heterocycles. The van der Waals surface area contributed by atoms with E-state index in [1.54, 1.807) is 0 Å². The topological polar surface area (TPSA) is 31.9 Å². The number of benzene rings is 1. The standard InChI is InChI=1S/C14H19N3/c1-2-3-7-17-9-11(10-17)12-5-4-6-14-13(12)8-15-16-14/h4-6,8,11H,2-3,7,9-10H2,1H3,(H,15,16). The summed E-state index contributed by atoms with van der Waals surface area (Å²) in [6.07, 6.45) is 4.57. The summed E-state index contributed by atoms with van der Waals surface area (Å²) in [5.74, 6) is 0.702. The van der Waals surface area contributed by atoms with Crippen molar-refractivity contribution in [3.05, 3.63) is 30.0 Å². The molecule has 0 amide bonds. The number of rotatable bonds is 4. The fourth-order valence-electron chi connectivity index (χ4n) is 2.68. The molecule has 1 N–H and O–H groups in total. The molecule has 0 saturated carbocycles. The zero-order valence-electron chi connectivity index (χ0n) is 10.3. The molecule has 0 aliphatic carbocycles. The Balaban J connectivity index is 1.72. The molecule has 0 unspecified atom stereocenters. The highest BCUT2D eigenvalue weighted by molar-refractivity contribution is 5.82. The first-order valence-corrected chi connectivity index (χ1v) is 6.53. The maximum atomic E-state index is 4.13. The molecule has 17 heavy (non-hydrogen) atoms. The average Bonchev–Trinajstić information content (AvgIpc) is 2.75. The Morgan fingerprint density at radius 3 is 3.12 bits per heavy atom. The summed E-state index contributed by atoms with van der Waals surface area (Å²) in [5.41, 5.74) is 2.62. The minimum Gasteiger partial charge on any atom is -0.302 e. The van der Waals surface area contributed by atoms with Crippen LogP contribution >= 0.6 is 0 Å². The van der Waals surface area contributed by atoms with Crippen LogP contribution in [0.25, 0.3) is 10.9 Å². The highest BCUT2D eigenvalue weighted by Crippen LogP contribution is 2.31. The fourth-order valence-corrected chi connectivity index (χ4v) is 2.68. The second-order valence-electron chi connectivity index (χ2n) is 4.99. The zero-order valence-corrected chi connectivity index (χ0v) is 10.3. The lowest BCUT2D eigenvalue weighted by Crippen LogP contribution is -2.45. The lowest BCUT2D eigenvalue weighted by molar-refractivity contribution is 0.147. The molecular formula is C14H19N3. The van der Waals surface area contributed by atoms with Gasteiger partial charge in [-0.05, 0) is 24.6 Å². The molecule has 1 fully saturated rings. The van der Waals surface area contributed by atoms with Gasteiger partial charge in [0.25, 0.3) is 0 Å². The molecular weight excluding hydrogens is 210 g/mol. The molecule has 3 heteroatoms. The van der Waals surface area contributed by atoms with Crippen molar-refractivity contribution < 1.29 is 0 Å². The lowest BCUT2D eigenvalue weighted by atomic mass is 9.89. The van der Waals surface area contributed by atoms with Crippen LogP contribution < -0.4 is 0 Å². The molecule has 1 saturated heterocycles. The number of unbranched alkanes of at least 4 members (excludes halogenated alkanes) is 1. The fraction of sp³-hybridized carbons (Fsp3) is 0.500. The monoisotopic (exact) mass is 229 g/mol. The van der Waals surface area contributed by atoms with Crippen molar-refractivity contribution in [2.24, 2.45) is 0 Å². The normalized spacial score (nSPS) is 17.5. The van der Waals surface area contributed by atoms with Crippen LogP contribution in [0.3, 0.4) is 0 Å². The summed E-state index contributed by atoms with van der Waals surface area (Å²) < 4.78 is 0. The van der Waals surface area contributed by atoms with Gasteiger partial charge < -0.3 is 4.90 Å². The maximum absolute atomic E-state index is 4.13. The molecule has 0 bridgehead atoms. The van der Waals surface area contributed by atoms with Gasteiger partial charge in [-0.3, -0.25) is 5.10 Å². The Bertz CT molecular complexity index is 497. The molecule has 90 valence electrons. The first-order chi connectivity index (χ1) is 8.38. The van der Waals surface area contributed by atoms with Crippen LogP contribution in [0.1, 0.15) is 31.2 Å². The van der Waals surface area contributed by atoms with E-state index in [1.807, 2.05) is 6.20 Å². The molecule has 1 aliphatic rings. The van der Waals surface area contributed by atoms with Crippen LogP contribution in [0.5, 0.6) is 0 Å². The number of nitrogens with one attached hydrogen (secondary N) is 1. The van der Waals surface area contributed by atoms with Gasteiger partial charge in [-0.1, -0.05) is 25.5 Å². The second kappa shape index (κ2) is 4.49. The number of hydrogen-bond acceptors (Lipinski definition) is 2. The largest absolute Gasteiger partial charge is 0.302 e.